The standard InChI is InChI=1S/C20H24N6O/c1-27-19-10-9-17(26-14-22-23-24-26)12-16(19)13-25-11-5-8-18(21)20(25)15-6-3-2-4-7-15/h2-4,6-7,9-10,12,14,18,20H,5,8,11,13,21H2,1H3/t18-,20-/m0/s1. The monoisotopic (exact) mass is 364 g/mol. The number of piperidine rings is 1. The summed E-state index contributed by atoms with van der Waals surface area (Å²) in [6, 6.07) is 16.8. The van der Waals surface area contributed by atoms with E-state index in [1.165, 1.54) is 5.56 Å². The van der Waals surface area contributed by atoms with Gasteiger partial charge in [-0.2, -0.15) is 0 Å². The second-order valence-electron chi connectivity index (χ2n) is 6.88. The molecular formula is C20H24N6O. The van der Waals surface area contributed by atoms with E-state index in [1.807, 2.05) is 18.2 Å². The van der Waals surface area contributed by atoms with Gasteiger partial charge in [0.05, 0.1) is 18.8 Å². The molecule has 1 aromatic heterocycles. The summed E-state index contributed by atoms with van der Waals surface area (Å²) in [7, 11) is 1.70. The van der Waals surface area contributed by atoms with Gasteiger partial charge in [0.2, 0.25) is 0 Å². The predicted octanol–water partition coefficient (Wildman–Crippen LogP) is 2.34. The maximum atomic E-state index is 6.53. The fourth-order valence-corrected chi connectivity index (χ4v) is 3.91. The summed E-state index contributed by atoms with van der Waals surface area (Å²) in [5.41, 5.74) is 9.80. The molecule has 0 bridgehead atoms. The lowest BCUT2D eigenvalue weighted by molar-refractivity contribution is 0.119. The third-order valence-corrected chi connectivity index (χ3v) is 5.17. The number of nitrogens with zero attached hydrogens (tertiary/aromatic N) is 5. The van der Waals surface area contributed by atoms with Crippen LogP contribution < -0.4 is 10.5 Å². The summed E-state index contributed by atoms with van der Waals surface area (Å²) in [5.74, 6) is 0.859. The van der Waals surface area contributed by atoms with Crippen LogP contribution in [0.1, 0.15) is 30.0 Å². The van der Waals surface area contributed by atoms with Gasteiger partial charge in [-0.25, -0.2) is 4.68 Å². The predicted molar refractivity (Wildman–Crippen MR) is 103 cm³/mol. The molecule has 0 aliphatic carbocycles. The van der Waals surface area contributed by atoms with E-state index in [2.05, 4.69) is 50.8 Å². The summed E-state index contributed by atoms with van der Waals surface area (Å²) < 4.78 is 7.26. The lowest BCUT2D eigenvalue weighted by Crippen LogP contribution is -2.45. The first kappa shape index (κ1) is 17.6. The highest BCUT2D eigenvalue weighted by molar-refractivity contribution is 5.43. The normalized spacial score (nSPS) is 20.5. The summed E-state index contributed by atoms with van der Waals surface area (Å²) in [6.07, 6.45) is 3.73. The van der Waals surface area contributed by atoms with Crippen LogP contribution in [-0.2, 0) is 6.54 Å². The summed E-state index contributed by atoms with van der Waals surface area (Å²) in [6.45, 7) is 1.76. The third kappa shape index (κ3) is 3.70. The fourth-order valence-electron chi connectivity index (χ4n) is 3.91. The Kier molecular flexibility index (Phi) is 5.13. The van der Waals surface area contributed by atoms with Crippen LogP contribution in [-0.4, -0.2) is 44.8 Å². The molecule has 1 aliphatic rings. The molecule has 0 unspecified atom stereocenters. The van der Waals surface area contributed by atoms with Gasteiger partial charge in [-0.05, 0) is 53.6 Å². The number of benzene rings is 2. The van der Waals surface area contributed by atoms with Crippen molar-refractivity contribution in [1.82, 2.24) is 25.1 Å². The molecule has 2 atom stereocenters. The van der Waals surface area contributed by atoms with E-state index < -0.39 is 0 Å². The van der Waals surface area contributed by atoms with Gasteiger partial charge in [-0.3, -0.25) is 4.90 Å². The van der Waals surface area contributed by atoms with Gasteiger partial charge in [0, 0.05) is 18.2 Å². The Balaban J connectivity index is 1.66. The highest BCUT2D eigenvalue weighted by Gasteiger charge is 2.30. The number of aromatic nitrogens is 4. The molecular weight excluding hydrogens is 340 g/mol. The molecule has 0 saturated carbocycles. The number of rotatable bonds is 5. The Morgan fingerprint density at radius 2 is 2.04 bits per heavy atom. The average Bonchev–Trinajstić information content (AvgIpc) is 3.24. The Bertz CT molecular complexity index is 867. The minimum Gasteiger partial charge on any atom is -0.496 e. The van der Waals surface area contributed by atoms with E-state index in [-0.39, 0.29) is 12.1 Å². The first-order valence-electron chi connectivity index (χ1n) is 9.21. The molecule has 7 heteroatoms. The summed E-state index contributed by atoms with van der Waals surface area (Å²) in [4.78, 5) is 2.45. The quantitative estimate of drug-likeness (QED) is 0.748. The third-order valence-electron chi connectivity index (χ3n) is 5.17. The Hall–Kier alpha value is -2.77. The lowest BCUT2D eigenvalue weighted by atomic mass is 9.90. The molecule has 27 heavy (non-hydrogen) atoms. The highest BCUT2D eigenvalue weighted by Crippen LogP contribution is 2.33. The van der Waals surface area contributed by atoms with Crippen molar-refractivity contribution in [2.45, 2.75) is 31.5 Å². The zero-order chi connectivity index (χ0) is 18.6. The van der Waals surface area contributed by atoms with Crippen LogP contribution >= 0.6 is 0 Å². The van der Waals surface area contributed by atoms with Gasteiger partial charge < -0.3 is 10.5 Å². The van der Waals surface area contributed by atoms with Crippen molar-refractivity contribution in [1.29, 1.82) is 0 Å². The number of hydrogen-bond acceptors (Lipinski definition) is 6. The van der Waals surface area contributed by atoms with Crippen molar-refractivity contribution >= 4 is 0 Å². The van der Waals surface area contributed by atoms with Crippen LogP contribution in [0.4, 0.5) is 0 Å². The number of ether oxygens (including phenoxy) is 1. The van der Waals surface area contributed by atoms with Gasteiger partial charge in [0.15, 0.2) is 0 Å². The molecule has 7 nitrogen and oxygen atoms in total. The van der Waals surface area contributed by atoms with Crippen LogP contribution in [0.2, 0.25) is 0 Å². The lowest BCUT2D eigenvalue weighted by Gasteiger charge is -2.40. The van der Waals surface area contributed by atoms with Gasteiger partial charge in [-0.15, -0.1) is 5.10 Å². The van der Waals surface area contributed by atoms with E-state index in [4.69, 9.17) is 10.5 Å². The maximum absolute atomic E-state index is 6.53. The summed E-state index contributed by atoms with van der Waals surface area (Å²) in [5, 5.41) is 11.4. The van der Waals surface area contributed by atoms with Crippen LogP contribution in [0, 0.1) is 0 Å². The second-order valence-corrected chi connectivity index (χ2v) is 6.88. The molecule has 140 valence electrons. The van der Waals surface area contributed by atoms with Crippen molar-refractivity contribution in [3.05, 3.63) is 66.0 Å². The van der Waals surface area contributed by atoms with Crippen molar-refractivity contribution in [2.24, 2.45) is 5.73 Å². The van der Waals surface area contributed by atoms with Crippen LogP contribution in [0.25, 0.3) is 5.69 Å². The van der Waals surface area contributed by atoms with E-state index in [9.17, 15) is 0 Å². The Morgan fingerprint density at radius 3 is 2.78 bits per heavy atom. The molecule has 4 rings (SSSR count). The van der Waals surface area contributed by atoms with Crippen molar-refractivity contribution < 1.29 is 4.74 Å². The van der Waals surface area contributed by atoms with Crippen LogP contribution in [0.15, 0.2) is 54.9 Å². The van der Waals surface area contributed by atoms with Crippen molar-refractivity contribution in [2.75, 3.05) is 13.7 Å². The topological polar surface area (TPSA) is 82.1 Å². The smallest absolute Gasteiger partial charge is 0.143 e. The number of tetrazole rings is 1. The fraction of sp³-hybridized carbons (Fsp3) is 0.350. The molecule has 0 spiro atoms. The molecule has 3 aromatic rings. The number of nitrogens with two attached hydrogens (primary N) is 1. The number of hydrogen-bond donors (Lipinski definition) is 1. The first-order chi connectivity index (χ1) is 13.3. The van der Waals surface area contributed by atoms with Crippen LogP contribution in [0.5, 0.6) is 5.75 Å². The molecule has 1 aliphatic heterocycles. The molecule has 0 radical (unpaired) electrons. The molecule has 2 aromatic carbocycles. The Labute approximate surface area is 158 Å². The maximum Gasteiger partial charge on any atom is 0.143 e. The molecule has 0 amide bonds. The van der Waals surface area contributed by atoms with Gasteiger partial charge in [-0.1, -0.05) is 30.3 Å². The van der Waals surface area contributed by atoms with Crippen molar-refractivity contribution in [3.63, 3.8) is 0 Å². The van der Waals surface area contributed by atoms with Crippen LogP contribution in [0.3, 0.4) is 0 Å². The highest BCUT2D eigenvalue weighted by atomic mass is 16.5. The molecule has 2 N–H and O–H groups in total. The molecule has 1 fully saturated rings. The van der Waals surface area contributed by atoms with Crippen molar-refractivity contribution in [3.8, 4) is 11.4 Å². The molecule has 2 heterocycles. The largest absolute Gasteiger partial charge is 0.496 e. The Morgan fingerprint density at radius 1 is 1.19 bits per heavy atom. The molecule has 1 saturated heterocycles. The minimum atomic E-state index is 0.120. The minimum absolute atomic E-state index is 0.120. The average molecular weight is 364 g/mol. The van der Waals surface area contributed by atoms with E-state index in [0.29, 0.717) is 0 Å². The SMILES string of the molecule is COc1ccc(-n2cnnn2)cc1CN1CCC[C@H](N)[C@@H]1c1ccccc1. The van der Waals surface area contributed by atoms with E-state index in [1.54, 1.807) is 18.1 Å². The summed E-state index contributed by atoms with van der Waals surface area (Å²) >= 11 is 0. The number of likely N-dealkylation sites (tertiary alicyclic amines) is 1. The van der Waals surface area contributed by atoms with Gasteiger partial charge in [0.25, 0.3) is 0 Å². The van der Waals surface area contributed by atoms with E-state index >= 15 is 0 Å². The van der Waals surface area contributed by atoms with E-state index in [0.717, 1.165) is 42.9 Å². The zero-order valence-electron chi connectivity index (χ0n) is 15.4. The van der Waals surface area contributed by atoms with Gasteiger partial charge in [0.1, 0.15) is 12.1 Å². The number of methoxy groups -OCH3 is 1. The van der Waals surface area contributed by atoms with Gasteiger partial charge >= 0.3 is 0 Å². The first-order valence-corrected chi connectivity index (χ1v) is 9.21. The zero-order valence-corrected chi connectivity index (χ0v) is 15.4. The second kappa shape index (κ2) is 7.85.